The fourth-order valence-electron chi connectivity index (χ4n) is 5.14. The monoisotopic (exact) mass is 810 g/mol. The van der Waals surface area contributed by atoms with Gasteiger partial charge in [-0.2, -0.15) is 10.1 Å². The molecule has 0 fully saturated rings. The smallest absolute Gasteiger partial charge is 0.292 e. The number of nitrogens with zero attached hydrogens (tertiary/aromatic N) is 5. The SMILES string of the molecule is C#CCCCC(=O)NCCOCCOCCOCCC(=O)NCCOCCOCCC(=O)NCCC.CCn1nc(-c2ccc3oc(N)nc3c2)c2c(N)ncnc21. The molecule has 0 unspecified atom stereocenters. The summed E-state index contributed by atoms with van der Waals surface area (Å²) in [5, 5.41) is 13.6. The van der Waals surface area contributed by atoms with Crippen molar-refractivity contribution in [2.45, 2.75) is 58.9 Å². The number of aryl methyl sites for hydroxylation is 1. The number of anilines is 2. The van der Waals surface area contributed by atoms with Gasteiger partial charge in [0.25, 0.3) is 6.01 Å². The van der Waals surface area contributed by atoms with Crippen LogP contribution >= 0.6 is 0 Å². The maximum Gasteiger partial charge on any atom is 0.292 e. The molecule has 0 atom stereocenters. The molecule has 3 aromatic heterocycles. The number of carbonyl (C=O) groups is 3. The number of unbranched alkanes of at least 4 members (excludes halogenated alkanes) is 1. The summed E-state index contributed by atoms with van der Waals surface area (Å²) in [7, 11) is 0. The molecule has 3 amide bonds. The Morgan fingerprint density at radius 1 is 0.776 bits per heavy atom. The first kappa shape index (κ1) is 47.0. The normalized spacial score (nSPS) is 10.9. The van der Waals surface area contributed by atoms with E-state index in [4.69, 9.17) is 46.0 Å². The van der Waals surface area contributed by atoms with Crippen molar-refractivity contribution in [3.8, 4) is 23.6 Å². The van der Waals surface area contributed by atoms with Crippen molar-refractivity contribution in [3.63, 3.8) is 0 Å². The second-order valence-electron chi connectivity index (χ2n) is 12.5. The number of fused-ring (bicyclic) bond motifs is 2. The summed E-state index contributed by atoms with van der Waals surface area (Å²) >= 11 is 0. The van der Waals surface area contributed by atoms with Crippen LogP contribution in [0.5, 0.6) is 0 Å². The predicted octanol–water partition coefficient (Wildman–Crippen LogP) is 2.23. The summed E-state index contributed by atoms with van der Waals surface area (Å²) in [6, 6.07) is 5.70. The number of nitrogens with one attached hydrogen (secondary N) is 3. The van der Waals surface area contributed by atoms with Crippen LogP contribution < -0.4 is 27.4 Å². The molecule has 0 spiro atoms. The first-order chi connectivity index (χ1) is 28.3. The molecule has 0 aliphatic rings. The number of rotatable bonds is 28. The lowest BCUT2D eigenvalue weighted by molar-refractivity contribution is -0.123. The quantitative estimate of drug-likeness (QED) is 0.0407. The minimum atomic E-state index is -0.106. The third kappa shape index (κ3) is 17.8. The van der Waals surface area contributed by atoms with Gasteiger partial charge in [0.05, 0.1) is 71.5 Å². The molecule has 3 heterocycles. The highest BCUT2D eigenvalue weighted by Crippen LogP contribution is 2.32. The van der Waals surface area contributed by atoms with Crippen LogP contribution in [0.25, 0.3) is 33.4 Å². The molecule has 7 N–H and O–H groups in total. The number of aromatic nitrogens is 5. The highest BCUT2D eigenvalue weighted by Gasteiger charge is 2.17. The van der Waals surface area contributed by atoms with Crippen LogP contribution in [0.1, 0.15) is 52.4 Å². The average molecular weight is 811 g/mol. The van der Waals surface area contributed by atoms with Gasteiger partial charge in [-0.3, -0.25) is 14.4 Å². The first-order valence-corrected chi connectivity index (χ1v) is 19.5. The van der Waals surface area contributed by atoms with E-state index in [0.717, 1.165) is 23.1 Å². The maximum absolute atomic E-state index is 11.7. The molecule has 19 heteroatoms. The Morgan fingerprint density at radius 2 is 1.34 bits per heavy atom. The Hall–Kier alpha value is -5.39. The molecule has 4 rings (SSSR count). The molecule has 19 nitrogen and oxygen atoms in total. The van der Waals surface area contributed by atoms with Crippen molar-refractivity contribution in [2.75, 3.05) is 97.2 Å². The molecule has 0 bridgehead atoms. The van der Waals surface area contributed by atoms with Crippen molar-refractivity contribution < 1.29 is 42.5 Å². The van der Waals surface area contributed by atoms with Crippen LogP contribution in [-0.4, -0.2) is 128 Å². The minimum Gasteiger partial charge on any atom is -0.424 e. The van der Waals surface area contributed by atoms with Crippen LogP contribution in [0.2, 0.25) is 0 Å². The zero-order chi connectivity index (χ0) is 41.8. The van der Waals surface area contributed by atoms with Gasteiger partial charge in [0.2, 0.25) is 17.7 Å². The third-order valence-electron chi connectivity index (χ3n) is 8.03. The zero-order valence-corrected chi connectivity index (χ0v) is 33.6. The predicted molar refractivity (Wildman–Crippen MR) is 218 cm³/mol. The number of hydrogen-bond acceptors (Lipinski definition) is 15. The molecular formula is C39H58N10O9. The summed E-state index contributed by atoms with van der Waals surface area (Å²) in [6.45, 7) is 10.2. The lowest BCUT2D eigenvalue weighted by atomic mass is 10.1. The highest BCUT2D eigenvalue weighted by atomic mass is 16.5. The summed E-state index contributed by atoms with van der Waals surface area (Å²) in [6.07, 6.45) is 9.84. The molecule has 0 saturated heterocycles. The van der Waals surface area contributed by atoms with Gasteiger partial charge >= 0.3 is 0 Å². The third-order valence-corrected chi connectivity index (χ3v) is 8.03. The Balaban J connectivity index is 0.000000343. The summed E-state index contributed by atoms with van der Waals surface area (Å²) in [4.78, 5) is 47.1. The van der Waals surface area contributed by atoms with Gasteiger partial charge in [-0.15, -0.1) is 12.3 Å². The zero-order valence-electron chi connectivity index (χ0n) is 33.6. The van der Waals surface area contributed by atoms with Crippen LogP contribution in [0.3, 0.4) is 0 Å². The Labute approximate surface area is 338 Å². The number of terminal acetylenes is 1. The fraction of sp³-hybridized carbons (Fsp3) is 0.564. The van der Waals surface area contributed by atoms with Gasteiger partial charge in [0.1, 0.15) is 23.4 Å². The first-order valence-electron chi connectivity index (χ1n) is 19.5. The molecule has 58 heavy (non-hydrogen) atoms. The Bertz CT molecular complexity index is 1860. The van der Waals surface area contributed by atoms with Gasteiger partial charge in [0, 0.05) is 57.4 Å². The van der Waals surface area contributed by atoms with E-state index in [2.05, 4.69) is 41.9 Å². The number of oxazole rings is 1. The van der Waals surface area contributed by atoms with Gasteiger partial charge in [-0.05, 0) is 38.0 Å². The van der Waals surface area contributed by atoms with Crippen LogP contribution in [0.4, 0.5) is 11.8 Å². The summed E-state index contributed by atoms with van der Waals surface area (Å²) in [5.41, 5.74) is 15.2. The number of benzene rings is 1. The van der Waals surface area contributed by atoms with Crippen LogP contribution in [0.15, 0.2) is 28.9 Å². The van der Waals surface area contributed by atoms with Crippen molar-refractivity contribution in [1.82, 2.24) is 40.7 Å². The second kappa shape index (κ2) is 28.1. The van der Waals surface area contributed by atoms with E-state index >= 15 is 0 Å². The van der Waals surface area contributed by atoms with E-state index in [0.29, 0.717) is 140 Å². The van der Waals surface area contributed by atoms with Gasteiger partial charge in [0.15, 0.2) is 11.2 Å². The largest absolute Gasteiger partial charge is 0.424 e. The highest BCUT2D eigenvalue weighted by molar-refractivity contribution is 5.99. The van der Waals surface area contributed by atoms with Crippen LogP contribution in [0, 0.1) is 12.3 Å². The molecule has 0 radical (unpaired) electrons. The summed E-state index contributed by atoms with van der Waals surface area (Å²) < 4.78 is 33.9. The maximum atomic E-state index is 11.7. The van der Waals surface area contributed by atoms with E-state index in [1.807, 2.05) is 32.0 Å². The standard InChI is InChI=1S/C25H45N3O8.C14H13N7O/c1-3-5-6-7-23(29)27-11-15-35-20-22-36-21-18-33-14-9-25(31)28-12-16-34-19-17-32-13-8-24(30)26-10-4-2;1-2-21-13-10(12(15)17-6-18-13)11(20-21)7-3-4-9-8(5-7)19-14(16)22-9/h1H,4-22H2,2H3,(H,26,30)(H,27,29)(H,28,31);3-6H,2H2,1H3,(H2,16,19)(H2,15,17,18). The van der Waals surface area contributed by atoms with Crippen molar-refractivity contribution >= 4 is 51.7 Å². The topological polar surface area (TPSA) is 255 Å². The molecule has 1 aromatic carbocycles. The molecule has 4 aromatic rings. The number of hydrogen-bond donors (Lipinski definition) is 5. The lowest BCUT2D eigenvalue weighted by Crippen LogP contribution is -2.28. The molecule has 0 aliphatic carbocycles. The Morgan fingerprint density at radius 3 is 1.93 bits per heavy atom. The number of carbonyl (C=O) groups excluding carboxylic acids is 3. The van der Waals surface area contributed by atoms with Gasteiger partial charge < -0.3 is 55.5 Å². The molecule has 0 aliphatic heterocycles. The van der Waals surface area contributed by atoms with Crippen molar-refractivity contribution in [1.29, 1.82) is 0 Å². The summed E-state index contributed by atoms with van der Waals surface area (Å²) in [5.74, 6) is 2.77. The number of amides is 3. The molecule has 0 saturated carbocycles. The second-order valence-corrected chi connectivity index (χ2v) is 12.5. The van der Waals surface area contributed by atoms with E-state index in [1.54, 1.807) is 4.68 Å². The van der Waals surface area contributed by atoms with E-state index in [9.17, 15) is 14.4 Å². The molecule has 318 valence electrons. The van der Waals surface area contributed by atoms with Gasteiger partial charge in [-0.25, -0.2) is 14.6 Å². The van der Waals surface area contributed by atoms with Crippen molar-refractivity contribution in [3.05, 3.63) is 24.5 Å². The lowest BCUT2D eigenvalue weighted by Gasteiger charge is -2.09. The number of ether oxygens (including phenoxy) is 5. The van der Waals surface area contributed by atoms with E-state index in [-0.39, 0.29) is 30.2 Å². The fourth-order valence-corrected chi connectivity index (χ4v) is 5.14. The minimum absolute atomic E-state index is 0.00887. The van der Waals surface area contributed by atoms with Crippen molar-refractivity contribution in [2.24, 2.45) is 0 Å². The van der Waals surface area contributed by atoms with Gasteiger partial charge in [-0.1, -0.05) is 6.92 Å². The molecular weight excluding hydrogens is 752 g/mol. The van der Waals surface area contributed by atoms with Crippen LogP contribution in [-0.2, 0) is 44.6 Å². The number of nitrogen functional groups attached to an aromatic ring is 2. The number of nitrogens with two attached hydrogens (primary N) is 2. The Kier molecular flexibility index (Phi) is 22.8. The van der Waals surface area contributed by atoms with E-state index in [1.165, 1.54) is 6.33 Å². The van der Waals surface area contributed by atoms with E-state index < -0.39 is 0 Å². The average Bonchev–Trinajstić information content (AvgIpc) is 3.80.